The molecule has 2 saturated carbocycles. The highest BCUT2D eigenvalue weighted by Gasteiger charge is 2.32. The number of hydrogen-bond acceptors (Lipinski definition) is 0. The van der Waals surface area contributed by atoms with E-state index < -0.39 is 12.6 Å². The third-order valence-electron chi connectivity index (χ3n) is 5.45. The molecule has 0 amide bonds. The summed E-state index contributed by atoms with van der Waals surface area (Å²) in [5.74, 6) is 2.91. The average Bonchev–Trinajstić information content (AvgIpc) is 2.37. The monoisotopic (exact) mass is 276 g/mol. The Kier molecular flexibility index (Phi) is 5.19. The summed E-state index contributed by atoms with van der Waals surface area (Å²) in [5, 5.41) is 0. The Bertz CT molecular complexity index is 256. The van der Waals surface area contributed by atoms with Crippen LogP contribution < -0.4 is 0 Å². The molecule has 0 bridgehead atoms. The van der Waals surface area contributed by atoms with Crippen LogP contribution in [0.5, 0.6) is 0 Å². The lowest BCUT2D eigenvalue weighted by Crippen LogP contribution is -2.25. The predicted octanol–water partition coefficient (Wildman–Crippen LogP) is 5.96. The number of rotatable bonds is 3. The third kappa shape index (κ3) is 5.00. The predicted molar refractivity (Wildman–Crippen MR) is 71.9 cm³/mol. The molecule has 2 rings (SSSR count). The van der Waals surface area contributed by atoms with Crippen LogP contribution in [0.1, 0.15) is 71.1 Å². The molecule has 2 fully saturated rings. The van der Waals surface area contributed by atoms with E-state index in [1.165, 1.54) is 38.5 Å². The molecule has 2 aliphatic rings. The van der Waals surface area contributed by atoms with E-state index in [1.54, 1.807) is 0 Å². The summed E-state index contributed by atoms with van der Waals surface area (Å²) >= 11 is 0. The summed E-state index contributed by atoms with van der Waals surface area (Å²) < 4.78 is 36.6. The van der Waals surface area contributed by atoms with Crippen LogP contribution in [-0.2, 0) is 0 Å². The zero-order valence-corrected chi connectivity index (χ0v) is 12.0. The van der Waals surface area contributed by atoms with E-state index >= 15 is 0 Å². The van der Waals surface area contributed by atoms with E-state index in [4.69, 9.17) is 0 Å². The number of alkyl halides is 3. The fraction of sp³-hybridized carbons (Fsp3) is 1.00. The molecule has 19 heavy (non-hydrogen) atoms. The van der Waals surface area contributed by atoms with Gasteiger partial charge in [0.1, 0.15) is 0 Å². The molecular formula is C16H27F3. The van der Waals surface area contributed by atoms with Gasteiger partial charge in [0.25, 0.3) is 0 Å². The summed E-state index contributed by atoms with van der Waals surface area (Å²) in [6.07, 6.45) is 5.69. The smallest absolute Gasteiger partial charge is 0.171 e. The minimum atomic E-state index is -3.96. The van der Waals surface area contributed by atoms with Gasteiger partial charge in [0.15, 0.2) is 0 Å². The second-order valence-electron chi connectivity index (χ2n) is 6.95. The Morgan fingerprint density at radius 1 is 0.789 bits per heavy atom. The fourth-order valence-corrected chi connectivity index (χ4v) is 4.07. The van der Waals surface area contributed by atoms with Crippen LogP contribution in [0.15, 0.2) is 0 Å². The summed E-state index contributed by atoms with van der Waals surface area (Å²) in [7, 11) is 0. The highest BCUT2D eigenvalue weighted by molar-refractivity contribution is 4.81. The van der Waals surface area contributed by atoms with Crippen molar-refractivity contribution in [2.75, 3.05) is 0 Å². The lowest BCUT2D eigenvalue weighted by atomic mass is 9.69. The molecule has 0 unspecified atom stereocenters. The minimum Gasteiger partial charge on any atom is -0.171 e. The maximum absolute atomic E-state index is 12.2. The Hall–Kier alpha value is -0.210. The summed E-state index contributed by atoms with van der Waals surface area (Å²) in [6, 6.07) is 0. The van der Waals surface area contributed by atoms with Crippen molar-refractivity contribution in [3.8, 4) is 0 Å². The molecule has 3 heteroatoms. The van der Waals surface area contributed by atoms with Gasteiger partial charge in [-0.1, -0.05) is 32.6 Å². The largest absolute Gasteiger partial charge is 0.389 e. The molecule has 112 valence electrons. The molecule has 0 nitrogen and oxygen atoms in total. The van der Waals surface area contributed by atoms with Crippen molar-refractivity contribution in [3.05, 3.63) is 0 Å². The van der Waals surface area contributed by atoms with Crippen molar-refractivity contribution in [2.24, 2.45) is 23.7 Å². The van der Waals surface area contributed by atoms with E-state index in [1.807, 2.05) is 0 Å². The van der Waals surface area contributed by atoms with E-state index in [-0.39, 0.29) is 0 Å². The first-order valence-corrected chi connectivity index (χ1v) is 8.01. The van der Waals surface area contributed by atoms with Gasteiger partial charge >= 0.3 is 6.18 Å². The van der Waals surface area contributed by atoms with Crippen LogP contribution in [0, 0.1) is 23.7 Å². The van der Waals surface area contributed by atoms with Crippen molar-refractivity contribution in [2.45, 2.75) is 77.3 Å². The van der Waals surface area contributed by atoms with E-state index in [2.05, 4.69) is 6.92 Å². The summed E-state index contributed by atoms with van der Waals surface area (Å²) in [5.41, 5.74) is 0. The SMILES string of the molecule is CC1CCC(C2CCC(CCC(F)(F)F)CC2)CC1. The van der Waals surface area contributed by atoms with Gasteiger partial charge in [-0.3, -0.25) is 0 Å². The molecule has 0 aromatic carbocycles. The maximum Gasteiger partial charge on any atom is 0.389 e. The lowest BCUT2D eigenvalue weighted by molar-refractivity contribution is -0.138. The lowest BCUT2D eigenvalue weighted by Gasteiger charge is -2.37. The minimum absolute atomic E-state index is 0.334. The molecule has 0 N–H and O–H groups in total. The molecular weight excluding hydrogens is 249 g/mol. The van der Waals surface area contributed by atoms with Crippen molar-refractivity contribution in [1.29, 1.82) is 0 Å². The molecule has 2 aliphatic carbocycles. The zero-order valence-electron chi connectivity index (χ0n) is 12.0. The van der Waals surface area contributed by atoms with Gasteiger partial charge in [-0.2, -0.15) is 13.2 Å². The first kappa shape index (κ1) is 15.2. The van der Waals surface area contributed by atoms with Crippen molar-refractivity contribution in [1.82, 2.24) is 0 Å². The first-order chi connectivity index (χ1) is 8.94. The summed E-state index contributed by atoms with van der Waals surface area (Å²) in [6.45, 7) is 2.34. The highest BCUT2D eigenvalue weighted by atomic mass is 19.4. The van der Waals surface area contributed by atoms with Gasteiger partial charge in [0.05, 0.1) is 0 Å². The quantitative estimate of drug-likeness (QED) is 0.596. The molecule has 0 aliphatic heterocycles. The van der Waals surface area contributed by atoms with Crippen molar-refractivity contribution >= 4 is 0 Å². The maximum atomic E-state index is 12.2. The average molecular weight is 276 g/mol. The van der Waals surface area contributed by atoms with E-state index in [0.29, 0.717) is 12.3 Å². The van der Waals surface area contributed by atoms with Gasteiger partial charge in [-0.15, -0.1) is 0 Å². The van der Waals surface area contributed by atoms with Gasteiger partial charge < -0.3 is 0 Å². The van der Waals surface area contributed by atoms with Crippen LogP contribution in [-0.4, -0.2) is 6.18 Å². The standard InChI is InChI=1S/C16H27F3/c1-12-2-6-14(7-3-12)15-8-4-13(5-9-15)10-11-16(17,18)19/h12-15H,2-11H2,1H3. The van der Waals surface area contributed by atoms with Crippen LogP contribution in [0.3, 0.4) is 0 Å². The molecule has 0 aromatic rings. The van der Waals surface area contributed by atoms with Crippen molar-refractivity contribution in [3.63, 3.8) is 0 Å². The van der Waals surface area contributed by atoms with Crippen LogP contribution in [0.25, 0.3) is 0 Å². The highest BCUT2D eigenvalue weighted by Crippen LogP contribution is 2.42. The Morgan fingerprint density at radius 2 is 1.26 bits per heavy atom. The Morgan fingerprint density at radius 3 is 1.74 bits per heavy atom. The van der Waals surface area contributed by atoms with Gasteiger partial charge in [0.2, 0.25) is 0 Å². The van der Waals surface area contributed by atoms with E-state index in [9.17, 15) is 13.2 Å². The van der Waals surface area contributed by atoms with Gasteiger partial charge in [-0.05, 0) is 55.8 Å². The number of hydrogen-bond donors (Lipinski definition) is 0. The van der Waals surface area contributed by atoms with Gasteiger partial charge in [0, 0.05) is 6.42 Å². The zero-order chi connectivity index (χ0) is 13.9. The number of halogens is 3. The summed E-state index contributed by atoms with van der Waals surface area (Å²) in [4.78, 5) is 0. The van der Waals surface area contributed by atoms with Crippen molar-refractivity contribution < 1.29 is 13.2 Å². The molecule has 0 saturated heterocycles. The molecule has 0 atom stereocenters. The van der Waals surface area contributed by atoms with E-state index in [0.717, 1.165) is 30.6 Å². The van der Waals surface area contributed by atoms with Crippen LogP contribution in [0.4, 0.5) is 13.2 Å². The molecule has 0 heterocycles. The fourth-order valence-electron chi connectivity index (χ4n) is 4.07. The van der Waals surface area contributed by atoms with Crippen LogP contribution >= 0.6 is 0 Å². The molecule has 0 spiro atoms. The van der Waals surface area contributed by atoms with Crippen LogP contribution in [0.2, 0.25) is 0 Å². The molecule has 0 radical (unpaired) electrons. The Balaban J connectivity index is 1.67. The van der Waals surface area contributed by atoms with Gasteiger partial charge in [-0.25, -0.2) is 0 Å². The second-order valence-corrected chi connectivity index (χ2v) is 6.95. The third-order valence-corrected chi connectivity index (χ3v) is 5.45. The Labute approximate surface area is 115 Å². The first-order valence-electron chi connectivity index (χ1n) is 8.01. The second kappa shape index (κ2) is 6.49. The topological polar surface area (TPSA) is 0 Å². The normalized spacial score (nSPS) is 37.3. The molecule has 0 aromatic heterocycles.